The molecule has 0 bridgehead atoms. The van der Waals surface area contributed by atoms with Crippen LogP contribution in [0.4, 0.5) is 5.69 Å². The quantitative estimate of drug-likeness (QED) is 0.707. The first-order chi connectivity index (χ1) is 12.0. The summed E-state index contributed by atoms with van der Waals surface area (Å²) >= 11 is 1.39. The minimum atomic E-state index is -0.285. The number of nitrogens with zero attached hydrogens (tertiary/aromatic N) is 3. The number of nitrogens with one attached hydrogen (secondary N) is 1. The van der Waals surface area contributed by atoms with Crippen molar-refractivity contribution in [1.29, 1.82) is 0 Å². The van der Waals surface area contributed by atoms with E-state index in [0.717, 1.165) is 22.6 Å². The fourth-order valence-electron chi connectivity index (χ4n) is 2.43. The summed E-state index contributed by atoms with van der Waals surface area (Å²) in [5, 5.41) is 11.9. The van der Waals surface area contributed by atoms with Gasteiger partial charge in [-0.1, -0.05) is 54.2 Å². The second-order valence-corrected chi connectivity index (χ2v) is 7.16. The fraction of sp³-hybridized carbons (Fsp3) is 0.211. The number of benzene rings is 2. The van der Waals surface area contributed by atoms with Gasteiger partial charge in [-0.15, -0.1) is 10.2 Å². The van der Waals surface area contributed by atoms with E-state index in [1.165, 1.54) is 11.8 Å². The molecule has 0 aliphatic rings. The van der Waals surface area contributed by atoms with Crippen LogP contribution in [0.3, 0.4) is 0 Å². The summed E-state index contributed by atoms with van der Waals surface area (Å²) in [5.41, 5.74) is 2.92. The van der Waals surface area contributed by atoms with Gasteiger partial charge in [0.05, 0.1) is 5.25 Å². The second kappa shape index (κ2) is 7.53. The number of amides is 1. The van der Waals surface area contributed by atoms with Crippen molar-refractivity contribution in [2.45, 2.75) is 24.3 Å². The SMILES string of the molecule is Cc1cccc(NC(=O)[C@@H](C)Sc2nnc(-c3ccccc3)n2C)c1. The highest BCUT2D eigenvalue weighted by molar-refractivity contribution is 8.00. The standard InChI is InChI=1S/C19H20N4OS/c1-13-8-7-11-16(12-13)20-18(24)14(2)25-19-22-21-17(23(19)3)15-9-5-4-6-10-15/h4-12,14H,1-3H3,(H,20,24)/t14-/m1/s1. The smallest absolute Gasteiger partial charge is 0.237 e. The van der Waals surface area contributed by atoms with Crippen molar-refractivity contribution in [2.24, 2.45) is 7.05 Å². The van der Waals surface area contributed by atoms with E-state index < -0.39 is 0 Å². The summed E-state index contributed by atoms with van der Waals surface area (Å²) in [6, 6.07) is 17.6. The van der Waals surface area contributed by atoms with E-state index in [-0.39, 0.29) is 11.2 Å². The molecule has 0 aliphatic heterocycles. The molecule has 1 heterocycles. The Morgan fingerprint density at radius 2 is 1.88 bits per heavy atom. The van der Waals surface area contributed by atoms with Crippen molar-refractivity contribution in [3.8, 4) is 11.4 Å². The molecule has 0 saturated carbocycles. The number of hydrogen-bond acceptors (Lipinski definition) is 4. The zero-order chi connectivity index (χ0) is 17.8. The van der Waals surface area contributed by atoms with Gasteiger partial charge >= 0.3 is 0 Å². The monoisotopic (exact) mass is 352 g/mol. The average molecular weight is 352 g/mol. The van der Waals surface area contributed by atoms with Gasteiger partial charge in [-0.3, -0.25) is 4.79 Å². The molecule has 5 nitrogen and oxygen atoms in total. The molecule has 6 heteroatoms. The van der Waals surface area contributed by atoms with Crippen molar-refractivity contribution in [2.75, 3.05) is 5.32 Å². The maximum atomic E-state index is 12.4. The Morgan fingerprint density at radius 3 is 2.60 bits per heavy atom. The normalized spacial score (nSPS) is 12.0. The van der Waals surface area contributed by atoms with Crippen molar-refractivity contribution in [3.05, 3.63) is 60.2 Å². The first-order valence-electron chi connectivity index (χ1n) is 8.03. The van der Waals surface area contributed by atoms with E-state index >= 15 is 0 Å². The molecular weight excluding hydrogens is 332 g/mol. The topological polar surface area (TPSA) is 59.8 Å². The Hall–Kier alpha value is -2.60. The van der Waals surface area contributed by atoms with Gasteiger partial charge in [-0.05, 0) is 31.5 Å². The van der Waals surface area contributed by atoms with Crippen LogP contribution in [0.25, 0.3) is 11.4 Å². The van der Waals surface area contributed by atoms with Gasteiger partial charge in [0.25, 0.3) is 0 Å². The van der Waals surface area contributed by atoms with Crippen LogP contribution in [0.1, 0.15) is 12.5 Å². The zero-order valence-electron chi connectivity index (χ0n) is 14.4. The van der Waals surface area contributed by atoms with Gasteiger partial charge in [0, 0.05) is 18.3 Å². The third kappa shape index (κ3) is 4.09. The molecule has 25 heavy (non-hydrogen) atoms. The van der Waals surface area contributed by atoms with Crippen LogP contribution in [0.2, 0.25) is 0 Å². The molecule has 0 aliphatic carbocycles. The van der Waals surface area contributed by atoms with Crippen LogP contribution >= 0.6 is 11.8 Å². The molecule has 1 N–H and O–H groups in total. The van der Waals surface area contributed by atoms with E-state index in [2.05, 4.69) is 15.5 Å². The molecule has 1 aromatic heterocycles. The molecule has 0 radical (unpaired) electrons. The Labute approximate surface area is 151 Å². The Morgan fingerprint density at radius 1 is 1.12 bits per heavy atom. The maximum Gasteiger partial charge on any atom is 0.237 e. The third-order valence-electron chi connectivity index (χ3n) is 3.80. The molecule has 3 rings (SSSR count). The molecule has 1 amide bonds. The second-order valence-electron chi connectivity index (χ2n) is 5.85. The van der Waals surface area contributed by atoms with E-state index in [1.807, 2.05) is 80.1 Å². The molecule has 0 unspecified atom stereocenters. The van der Waals surface area contributed by atoms with Crippen LogP contribution < -0.4 is 5.32 Å². The molecule has 0 fully saturated rings. The highest BCUT2D eigenvalue weighted by Crippen LogP contribution is 2.26. The minimum absolute atomic E-state index is 0.0557. The first kappa shape index (κ1) is 17.2. The molecule has 2 aromatic carbocycles. The Bertz CT molecular complexity index is 876. The zero-order valence-corrected chi connectivity index (χ0v) is 15.2. The first-order valence-corrected chi connectivity index (χ1v) is 8.91. The van der Waals surface area contributed by atoms with E-state index in [1.54, 1.807) is 0 Å². The number of thioether (sulfide) groups is 1. The predicted octanol–water partition coefficient (Wildman–Crippen LogP) is 3.91. The highest BCUT2D eigenvalue weighted by atomic mass is 32.2. The molecule has 1 atom stereocenters. The third-order valence-corrected chi connectivity index (χ3v) is 4.94. The Balaban J connectivity index is 1.70. The summed E-state index contributed by atoms with van der Waals surface area (Å²) in [6.45, 7) is 3.87. The van der Waals surface area contributed by atoms with Gasteiger partial charge in [0.1, 0.15) is 0 Å². The van der Waals surface area contributed by atoms with E-state index in [4.69, 9.17) is 0 Å². The number of carbonyl (C=O) groups excluding carboxylic acids is 1. The molecule has 0 spiro atoms. The lowest BCUT2D eigenvalue weighted by molar-refractivity contribution is -0.115. The maximum absolute atomic E-state index is 12.4. The van der Waals surface area contributed by atoms with Crippen molar-refractivity contribution in [3.63, 3.8) is 0 Å². The predicted molar refractivity (Wildman–Crippen MR) is 102 cm³/mol. The Kier molecular flexibility index (Phi) is 5.19. The summed E-state index contributed by atoms with van der Waals surface area (Å²) in [5.74, 6) is 0.731. The average Bonchev–Trinajstić information content (AvgIpc) is 2.96. The largest absolute Gasteiger partial charge is 0.325 e. The van der Waals surface area contributed by atoms with E-state index in [0.29, 0.717) is 5.16 Å². The van der Waals surface area contributed by atoms with Crippen LogP contribution in [-0.2, 0) is 11.8 Å². The summed E-state index contributed by atoms with van der Waals surface area (Å²) in [6.07, 6.45) is 0. The molecule has 128 valence electrons. The van der Waals surface area contributed by atoms with Crippen LogP contribution in [0, 0.1) is 6.92 Å². The fourth-order valence-corrected chi connectivity index (χ4v) is 3.25. The van der Waals surface area contributed by atoms with Crippen molar-refractivity contribution < 1.29 is 4.79 Å². The molecule has 3 aromatic rings. The molecular formula is C19H20N4OS. The summed E-state index contributed by atoms with van der Waals surface area (Å²) in [4.78, 5) is 12.4. The lowest BCUT2D eigenvalue weighted by Crippen LogP contribution is -2.22. The molecule has 0 saturated heterocycles. The van der Waals surface area contributed by atoms with Gasteiger partial charge in [0.2, 0.25) is 5.91 Å². The lowest BCUT2D eigenvalue weighted by atomic mass is 10.2. The lowest BCUT2D eigenvalue weighted by Gasteiger charge is -2.12. The van der Waals surface area contributed by atoms with Gasteiger partial charge < -0.3 is 9.88 Å². The highest BCUT2D eigenvalue weighted by Gasteiger charge is 2.19. The van der Waals surface area contributed by atoms with Crippen molar-refractivity contribution >= 4 is 23.4 Å². The number of anilines is 1. The van der Waals surface area contributed by atoms with E-state index in [9.17, 15) is 4.79 Å². The van der Waals surface area contributed by atoms with Gasteiger partial charge in [0.15, 0.2) is 11.0 Å². The van der Waals surface area contributed by atoms with Gasteiger partial charge in [-0.25, -0.2) is 0 Å². The number of rotatable bonds is 5. The van der Waals surface area contributed by atoms with Crippen LogP contribution in [0.15, 0.2) is 59.8 Å². The summed E-state index contributed by atoms with van der Waals surface area (Å²) < 4.78 is 1.91. The van der Waals surface area contributed by atoms with Crippen molar-refractivity contribution in [1.82, 2.24) is 14.8 Å². The van der Waals surface area contributed by atoms with Crippen LogP contribution in [-0.4, -0.2) is 25.9 Å². The number of aryl methyl sites for hydroxylation is 1. The number of aromatic nitrogens is 3. The van der Waals surface area contributed by atoms with Crippen LogP contribution in [0.5, 0.6) is 0 Å². The summed E-state index contributed by atoms with van der Waals surface area (Å²) in [7, 11) is 1.91. The number of hydrogen-bond donors (Lipinski definition) is 1. The minimum Gasteiger partial charge on any atom is -0.325 e. The van der Waals surface area contributed by atoms with Gasteiger partial charge in [-0.2, -0.15) is 0 Å². The number of carbonyl (C=O) groups is 1.